The van der Waals surface area contributed by atoms with Crippen molar-refractivity contribution in [2.75, 3.05) is 44.2 Å². The third-order valence-electron chi connectivity index (χ3n) is 6.05. The summed E-state index contributed by atoms with van der Waals surface area (Å²) >= 11 is 0. The van der Waals surface area contributed by atoms with Crippen LogP contribution >= 0.6 is 0 Å². The molecule has 0 saturated carbocycles. The van der Waals surface area contributed by atoms with Gasteiger partial charge in [-0.2, -0.15) is 0 Å². The van der Waals surface area contributed by atoms with Gasteiger partial charge in [0.25, 0.3) is 0 Å². The van der Waals surface area contributed by atoms with Crippen LogP contribution in [0.3, 0.4) is 0 Å². The van der Waals surface area contributed by atoms with E-state index in [4.69, 9.17) is 0 Å². The predicted octanol–water partition coefficient (Wildman–Crippen LogP) is 1.77. The van der Waals surface area contributed by atoms with E-state index >= 15 is 0 Å². The number of pyridine rings is 1. The van der Waals surface area contributed by atoms with Gasteiger partial charge in [-0.3, -0.25) is 9.89 Å². The lowest BCUT2D eigenvalue weighted by molar-refractivity contribution is 0.111. The van der Waals surface area contributed by atoms with E-state index in [0.717, 1.165) is 39.0 Å². The molecule has 1 aromatic heterocycles. The summed E-state index contributed by atoms with van der Waals surface area (Å²) in [6.45, 7) is 6.92. The smallest absolute Gasteiger partial charge is 0.191 e. The zero-order valence-electron chi connectivity index (χ0n) is 18.7. The number of nitrogens with one attached hydrogen (secondary N) is 2. The van der Waals surface area contributed by atoms with Gasteiger partial charge in [0.15, 0.2) is 17.6 Å². The Hall–Kier alpha value is -2.71. The molecule has 1 fully saturated rings. The molecule has 0 radical (unpaired) electrons. The standard InChI is InChI=1S/C24H33FN6O/c1-2-26-24(29-20-10-13-31(16-20)23-22(25)8-5-11-27-23)28-14-21(32)17-30-12-9-18-6-3-4-7-19(18)15-30/h3-8,11,20-21,32H,2,9-10,12-17H2,1H3,(H2,26,28,29). The van der Waals surface area contributed by atoms with Gasteiger partial charge >= 0.3 is 0 Å². The predicted molar refractivity (Wildman–Crippen MR) is 125 cm³/mol. The highest BCUT2D eigenvalue weighted by molar-refractivity contribution is 5.80. The SMILES string of the molecule is CCNC(=NCC(O)CN1CCc2ccccc2C1)NC1CCN(c2ncccc2F)C1. The summed E-state index contributed by atoms with van der Waals surface area (Å²) in [5.41, 5.74) is 2.76. The van der Waals surface area contributed by atoms with Crippen LogP contribution in [0.4, 0.5) is 10.2 Å². The Morgan fingerprint density at radius 3 is 2.91 bits per heavy atom. The number of hydrogen-bond acceptors (Lipinski definition) is 5. The van der Waals surface area contributed by atoms with Gasteiger partial charge in [0.05, 0.1) is 12.6 Å². The monoisotopic (exact) mass is 440 g/mol. The molecule has 3 heterocycles. The molecule has 8 heteroatoms. The fourth-order valence-corrected chi connectivity index (χ4v) is 4.46. The third-order valence-corrected chi connectivity index (χ3v) is 6.05. The largest absolute Gasteiger partial charge is 0.390 e. The Balaban J connectivity index is 1.28. The van der Waals surface area contributed by atoms with Crippen molar-refractivity contribution in [3.63, 3.8) is 0 Å². The number of fused-ring (bicyclic) bond motifs is 1. The lowest BCUT2D eigenvalue weighted by atomic mass is 10.00. The van der Waals surface area contributed by atoms with Crippen molar-refractivity contribution in [3.05, 3.63) is 59.5 Å². The number of halogens is 1. The molecule has 0 amide bonds. The van der Waals surface area contributed by atoms with Crippen molar-refractivity contribution in [1.82, 2.24) is 20.5 Å². The van der Waals surface area contributed by atoms with Gasteiger partial charge in [0.2, 0.25) is 0 Å². The van der Waals surface area contributed by atoms with E-state index in [0.29, 0.717) is 31.4 Å². The van der Waals surface area contributed by atoms with Crippen LogP contribution in [-0.2, 0) is 13.0 Å². The fourth-order valence-electron chi connectivity index (χ4n) is 4.46. The minimum atomic E-state index is -0.529. The number of aliphatic hydroxyl groups is 1. The Labute approximate surface area is 189 Å². The molecule has 7 nitrogen and oxygen atoms in total. The first-order valence-electron chi connectivity index (χ1n) is 11.5. The van der Waals surface area contributed by atoms with Crippen LogP contribution in [0.1, 0.15) is 24.5 Å². The minimum absolute atomic E-state index is 0.143. The molecule has 2 aromatic rings. The van der Waals surface area contributed by atoms with Gasteiger partial charge in [0, 0.05) is 51.5 Å². The topological polar surface area (TPSA) is 76.0 Å². The molecular weight excluding hydrogens is 407 g/mol. The van der Waals surface area contributed by atoms with Crippen LogP contribution in [0.25, 0.3) is 0 Å². The number of aromatic nitrogens is 1. The molecule has 2 atom stereocenters. The third kappa shape index (κ3) is 5.75. The van der Waals surface area contributed by atoms with E-state index in [9.17, 15) is 9.50 Å². The second-order valence-corrected chi connectivity index (χ2v) is 8.51. The average Bonchev–Trinajstić information content (AvgIpc) is 3.26. The van der Waals surface area contributed by atoms with Gasteiger partial charge < -0.3 is 20.6 Å². The Morgan fingerprint density at radius 2 is 2.09 bits per heavy atom. The number of aliphatic imine (C=N–C) groups is 1. The van der Waals surface area contributed by atoms with Crippen molar-refractivity contribution >= 4 is 11.8 Å². The number of anilines is 1. The molecule has 1 saturated heterocycles. The number of aliphatic hydroxyl groups excluding tert-OH is 1. The molecule has 172 valence electrons. The molecule has 32 heavy (non-hydrogen) atoms. The second kappa shape index (κ2) is 10.7. The number of rotatable bonds is 7. The van der Waals surface area contributed by atoms with Crippen molar-refractivity contribution in [2.45, 2.75) is 38.5 Å². The van der Waals surface area contributed by atoms with Crippen LogP contribution < -0.4 is 15.5 Å². The van der Waals surface area contributed by atoms with Crippen LogP contribution in [0.5, 0.6) is 0 Å². The van der Waals surface area contributed by atoms with Crippen molar-refractivity contribution in [3.8, 4) is 0 Å². The maximum atomic E-state index is 14.0. The summed E-state index contributed by atoms with van der Waals surface area (Å²) in [5.74, 6) is 0.790. The average molecular weight is 441 g/mol. The zero-order chi connectivity index (χ0) is 22.3. The Kier molecular flexibility index (Phi) is 7.55. The zero-order valence-corrected chi connectivity index (χ0v) is 18.7. The van der Waals surface area contributed by atoms with Crippen LogP contribution in [0.15, 0.2) is 47.6 Å². The van der Waals surface area contributed by atoms with Gasteiger partial charge in [-0.1, -0.05) is 24.3 Å². The normalized spacial score (nSPS) is 20.2. The summed E-state index contributed by atoms with van der Waals surface area (Å²) in [6.07, 6.45) is 2.98. The highest BCUT2D eigenvalue weighted by Crippen LogP contribution is 2.21. The van der Waals surface area contributed by atoms with Gasteiger partial charge in [-0.25, -0.2) is 9.37 Å². The van der Waals surface area contributed by atoms with Gasteiger partial charge in [0.1, 0.15) is 0 Å². The van der Waals surface area contributed by atoms with E-state index in [-0.39, 0.29) is 11.9 Å². The van der Waals surface area contributed by atoms with Gasteiger partial charge in [-0.05, 0) is 43.0 Å². The molecule has 4 rings (SSSR count). The van der Waals surface area contributed by atoms with E-state index in [1.165, 1.54) is 17.2 Å². The molecule has 2 aliphatic heterocycles. The number of benzene rings is 1. The van der Waals surface area contributed by atoms with E-state index in [1.54, 1.807) is 12.3 Å². The van der Waals surface area contributed by atoms with Crippen LogP contribution in [0, 0.1) is 5.82 Å². The molecule has 2 aliphatic rings. The first-order chi connectivity index (χ1) is 15.6. The maximum Gasteiger partial charge on any atom is 0.191 e. The van der Waals surface area contributed by atoms with Gasteiger partial charge in [-0.15, -0.1) is 0 Å². The Morgan fingerprint density at radius 1 is 1.25 bits per heavy atom. The minimum Gasteiger partial charge on any atom is -0.390 e. The summed E-state index contributed by atoms with van der Waals surface area (Å²) < 4.78 is 14.0. The molecule has 3 N–H and O–H groups in total. The van der Waals surface area contributed by atoms with E-state index in [2.05, 4.69) is 49.8 Å². The number of hydrogen-bond donors (Lipinski definition) is 3. The lowest BCUT2D eigenvalue weighted by Gasteiger charge is -2.30. The quantitative estimate of drug-likeness (QED) is 0.450. The highest BCUT2D eigenvalue weighted by Gasteiger charge is 2.26. The van der Waals surface area contributed by atoms with Crippen molar-refractivity contribution in [2.24, 2.45) is 4.99 Å². The van der Waals surface area contributed by atoms with Crippen LogP contribution in [0.2, 0.25) is 0 Å². The van der Waals surface area contributed by atoms with Crippen molar-refractivity contribution < 1.29 is 9.50 Å². The first-order valence-corrected chi connectivity index (χ1v) is 11.5. The summed E-state index contributed by atoms with van der Waals surface area (Å²) in [6, 6.07) is 11.7. The molecule has 1 aromatic carbocycles. The van der Waals surface area contributed by atoms with Crippen LogP contribution in [-0.4, -0.2) is 72.4 Å². The second-order valence-electron chi connectivity index (χ2n) is 8.51. The summed E-state index contributed by atoms with van der Waals surface area (Å²) in [4.78, 5) is 13.0. The Bertz CT molecular complexity index is 923. The highest BCUT2D eigenvalue weighted by atomic mass is 19.1. The lowest BCUT2D eigenvalue weighted by Crippen LogP contribution is -2.45. The summed E-state index contributed by atoms with van der Waals surface area (Å²) in [7, 11) is 0. The van der Waals surface area contributed by atoms with E-state index < -0.39 is 6.10 Å². The summed E-state index contributed by atoms with van der Waals surface area (Å²) in [5, 5.41) is 17.3. The molecular formula is C24H33FN6O. The maximum absolute atomic E-state index is 14.0. The molecule has 0 bridgehead atoms. The number of guanidine groups is 1. The molecule has 0 spiro atoms. The van der Waals surface area contributed by atoms with E-state index in [1.807, 2.05) is 11.8 Å². The number of β-amino-alcohol motifs (C(OH)–C–C–N with tert-alkyl or cyclic N) is 1. The number of nitrogens with zero attached hydrogens (tertiary/aromatic N) is 4. The molecule has 2 unspecified atom stereocenters. The molecule has 0 aliphatic carbocycles. The van der Waals surface area contributed by atoms with Crippen molar-refractivity contribution in [1.29, 1.82) is 0 Å². The first kappa shape index (κ1) is 22.5. The fraction of sp³-hybridized carbons (Fsp3) is 0.500.